The van der Waals surface area contributed by atoms with Crippen LogP contribution in [0.1, 0.15) is 17.1 Å². The van der Waals surface area contributed by atoms with Gasteiger partial charge in [-0.25, -0.2) is 4.40 Å². The maximum Gasteiger partial charge on any atom is 0.276 e. The summed E-state index contributed by atoms with van der Waals surface area (Å²) in [6.45, 7) is 3.89. The zero-order valence-electron chi connectivity index (χ0n) is 12.6. The van der Waals surface area contributed by atoms with Crippen LogP contribution in [0, 0.1) is 13.8 Å². The molecule has 6 heteroatoms. The highest BCUT2D eigenvalue weighted by Gasteiger charge is 2.14. The lowest BCUT2D eigenvalue weighted by atomic mass is 10.1. The van der Waals surface area contributed by atoms with E-state index in [9.17, 15) is 4.79 Å². The second-order valence-corrected chi connectivity index (χ2v) is 6.38. The van der Waals surface area contributed by atoms with Gasteiger partial charge in [0.05, 0.1) is 0 Å². The van der Waals surface area contributed by atoms with Gasteiger partial charge in [-0.2, -0.15) is 0 Å². The topological polar surface area (TPSA) is 60.4 Å². The fraction of sp³-hybridized carbons (Fsp3) is 0.118. The lowest BCUT2D eigenvalue weighted by Crippen LogP contribution is -2.23. The van der Waals surface area contributed by atoms with Crippen LogP contribution in [-0.4, -0.2) is 14.6 Å². The molecule has 0 spiro atoms. The number of hydrogen-bond acceptors (Lipinski definition) is 5. The summed E-state index contributed by atoms with van der Waals surface area (Å²) < 4.78 is 7.64. The quantitative estimate of drug-likeness (QED) is 0.569. The van der Waals surface area contributed by atoms with E-state index in [2.05, 4.69) is 10.2 Å². The number of furan rings is 1. The van der Waals surface area contributed by atoms with Crippen LogP contribution in [0.2, 0.25) is 0 Å². The number of fused-ring (bicyclic) bond motifs is 1. The number of benzene rings is 1. The molecule has 0 aliphatic rings. The minimum Gasteiger partial charge on any atom is -0.462 e. The van der Waals surface area contributed by atoms with E-state index in [0.717, 1.165) is 16.9 Å². The lowest BCUT2D eigenvalue weighted by molar-refractivity contribution is 0.525. The van der Waals surface area contributed by atoms with Crippen LogP contribution in [0.3, 0.4) is 0 Å². The highest BCUT2D eigenvalue weighted by atomic mass is 32.1. The summed E-state index contributed by atoms with van der Waals surface area (Å²) in [5.74, 6) is 2.04. The van der Waals surface area contributed by atoms with Gasteiger partial charge in [-0.1, -0.05) is 41.2 Å². The normalized spacial score (nSPS) is 12.3. The molecule has 0 aliphatic heterocycles. The smallest absolute Gasteiger partial charge is 0.276 e. The van der Waals surface area contributed by atoms with Crippen molar-refractivity contribution in [1.82, 2.24) is 14.6 Å². The molecule has 0 unspecified atom stereocenters. The van der Waals surface area contributed by atoms with Gasteiger partial charge in [0.2, 0.25) is 4.96 Å². The molecule has 4 rings (SSSR count). The Morgan fingerprint density at radius 1 is 1.09 bits per heavy atom. The molecule has 0 atom stereocenters. The number of aryl methyl sites for hydroxylation is 2. The Hall–Kier alpha value is -2.73. The van der Waals surface area contributed by atoms with Crippen LogP contribution in [0.4, 0.5) is 0 Å². The lowest BCUT2D eigenvalue weighted by Gasteiger charge is -1.97. The molecule has 0 aliphatic carbocycles. The molecule has 0 radical (unpaired) electrons. The summed E-state index contributed by atoms with van der Waals surface area (Å²) in [4.78, 5) is 13.3. The van der Waals surface area contributed by atoms with Gasteiger partial charge in [0.25, 0.3) is 5.56 Å². The molecule has 0 bridgehead atoms. The monoisotopic (exact) mass is 323 g/mol. The maximum absolute atomic E-state index is 12.7. The van der Waals surface area contributed by atoms with Crippen LogP contribution in [0.15, 0.2) is 45.6 Å². The molecule has 1 aromatic carbocycles. The van der Waals surface area contributed by atoms with Crippen LogP contribution in [0.25, 0.3) is 22.4 Å². The highest BCUT2D eigenvalue weighted by Crippen LogP contribution is 2.18. The molecule has 0 saturated heterocycles. The Morgan fingerprint density at radius 3 is 2.57 bits per heavy atom. The summed E-state index contributed by atoms with van der Waals surface area (Å²) >= 11 is 1.31. The number of nitrogens with zero attached hydrogens (tertiary/aromatic N) is 3. The van der Waals surface area contributed by atoms with Crippen LogP contribution < -0.4 is 10.1 Å². The maximum atomic E-state index is 12.7. The average molecular weight is 323 g/mol. The van der Waals surface area contributed by atoms with E-state index in [0.29, 0.717) is 21.1 Å². The van der Waals surface area contributed by atoms with Gasteiger partial charge >= 0.3 is 0 Å². The van der Waals surface area contributed by atoms with Crippen LogP contribution >= 0.6 is 11.3 Å². The Kier molecular flexibility index (Phi) is 3.12. The Labute approximate surface area is 135 Å². The zero-order valence-corrected chi connectivity index (χ0v) is 13.4. The third-order valence-electron chi connectivity index (χ3n) is 3.59. The molecule has 0 saturated carbocycles. The molecule has 4 aromatic rings. The predicted octanol–water partition coefficient (Wildman–Crippen LogP) is 2.58. The van der Waals surface area contributed by atoms with Crippen molar-refractivity contribution < 1.29 is 4.42 Å². The highest BCUT2D eigenvalue weighted by molar-refractivity contribution is 7.15. The van der Waals surface area contributed by atoms with Crippen molar-refractivity contribution in [3.05, 3.63) is 68.4 Å². The summed E-state index contributed by atoms with van der Waals surface area (Å²) in [5, 5.41) is 8.28. The third-order valence-corrected chi connectivity index (χ3v) is 4.55. The van der Waals surface area contributed by atoms with E-state index in [4.69, 9.17) is 4.42 Å². The van der Waals surface area contributed by atoms with Gasteiger partial charge in [0.15, 0.2) is 5.82 Å². The number of thiazole rings is 1. The van der Waals surface area contributed by atoms with Crippen molar-refractivity contribution in [2.75, 3.05) is 0 Å². The van der Waals surface area contributed by atoms with Gasteiger partial charge in [-0.3, -0.25) is 4.79 Å². The number of hydrogen-bond donors (Lipinski definition) is 0. The summed E-state index contributed by atoms with van der Waals surface area (Å²) in [7, 11) is 0. The Morgan fingerprint density at radius 2 is 1.87 bits per heavy atom. The molecule has 0 N–H and O–H groups in total. The van der Waals surface area contributed by atoms with Gasteiger partial charge in [0.1, 0.15) is 16.1 Å². The van der Waals surface area contributed by atoms with Crippen molar-refractivity contribution in [2.45, 2.75) is 13.8 Å². The first-order valence-corrected chi connectivity index (χ1v) is 7.96. The van der Waals surface area contributed by atoms with Gasteiger partial charge in [-0.15, -0.1) is 10.2 Å². The second kappa shape index (κ2) is 5.17. The van der Waals surface area contributed by atoms with Crippen molar-refractivity contribution in [3.63, 3.8) is 0 Å². The van der Waals surface area contributed by atoms with Crippen molar-refractivity contribution in [2.24, 2.45) is 0 Å². The molecule has 0 amide bonds. The molecule has 23 heavy (non-hydrogen) atoms. The zero-order chi connectivity index (χ0) is 16.0. The fourth-order valence-electron chi connectivity index (χ4n) is 2.41. The summed E-state index contributed by atoms with van der Waals surface area (Å²) in [5.41, 5.74) is 1.91. The molecular formula is C17H13N3O2S. The van der Waals surface area contributed by atoms with Crippen LogP contribution in [-0.2, 0) is 0 Å². The van der Waals surface area contributed by atoms with E-state index < -0.39 is 0 Å². The van der Waals surface area contributed by atoms with Gasteiger partial charge in [0, 0.05) is 11.6 Å². The van der Waals surface area contributed by atoms with Gasteiger partial charge < -0.3 is 4.42 Å². The average Bonchev–Trinajstić information content (AvgIpc) is 3.20. The first-order chi connectivity index (χ1) is 11.1. The number of rotatable bonds is 2. The molecular weight excluding hydrogens is 310 g/mol. The number of aromatic nitrogens is 3. The third kappa shape index (κ3) is 2.37. The molecule has 5 nitrogen and oxygen atoms in total. The first-order valence-electron chi connectivity index (χ1n) is 7.15. The summed E-state index contributed by atoms with van der Waals surface area (Å²) in [6, 6.07) is 11.6. The van der Waals surface area contributed by atoms with Crippen molar-refractivity contribution in [3.8, 4) is 11.4 Å². The minimum absolute atomic E-state index is 0.125. The molecule has 114 valence electrons. The molecule has 0 fully saturated rings. The van der Waals surface area contributed by atoms with Crippen molar-refractivity contribution >= 4 is 22.4 Å². The van der Waals surface area contributed by atoms with E-state index in [1.165, 1.54) is 11.3 Å². The van der Waals surface area contributed by atoms with Crippen molar-refractivity contribution in [1.29, 1.82) is 0 Å². The van der Waals surface area contributed by atoms with Gasteiger partial charge in [-0.05, 0) is 26.0 Å². The van der Waals surface area contributed by atoms with Crippen LogP contribution in [0.5, 0.6) is 0 Å². The summed E-state index contributed by atoms with van der Waals surface area (Å²) in [6.07, 6.45) is 1.74. The Bertz CT molecular complexity index is 1100. The largest absolute Gasteiger partial charge is 0.462 e. The SMILES string of the molecule is Cc1ccc(-c2nnc3sc(=Cc4ccc(C)o4)c(=O)n23)cc1. The first kappa shape index (κ1) is 13.9. The standard InChI is InChI=1S/C17H13N3O2S/c1-10-3-6-12(7-4-10)15-18-19-17-20(15)16(21)14(23-17)9-13-8-5-11(2)22-13/h3-9H,1-2H3. The second-order valence-electron chi connectivity index (χ2n) is 5.37. The fourth-order valence-corrected chi connectivity index (χ4v) is 3.31. The Balaban J connectivity index is 1.91. The molecule has 3 heterocycles. The van der Waals surface area contributed by atoms with E-state index in [1.54, 1.807) is 10.5 Å². The minimum atomic E-state index is -0.125. The van der Waals surface area contributed by atoms with E-state index in [1.807, 2.05) is 50.2 Å². The van der Waals surface area contributed by atoms with E-state index in [-0.39, 0.29) is 5.56 Å². The van der Waals surface area contributed by atoms with E-state index >= 15 is 0 Å². The predicted molar refractivity (Wildman–Crippen MR) is 89.5 cm³/mol. The molecule has 3 aromatic heterocycles.